The van der Waals surface area contributed by atoms with E-state index in [0.717, 1.165) is 50.9 Å². The Morgan fingerprint density at radius 2 is 0.830 bits per heavy atom. The van der Waals surface area contributed by atoms with E-state index >= 15 is 0 Å². The van der Waals surface area contributed by atoms with E-state index in [1.165, 1.54) is 100 Å². The highest BCUT2D eigenvalue weighted by molar-refractivity contribution is 5.93. The van der Waals surface area contributed by atoms with Crippen molar-refractivity contribution in [3.63, 3.8) is 0 Å². The first-order valence-corrected chi connectivity index (χ1v) is 17.9. The van der Waals surface area contributed by atoms with Gasteiger partial charge in [-0.05, 0) is 107 Å². The molecule has 47 heavy (non-hydrogen) atoms. The SMILES string of the molecule is COc1c(Cc2c(-c3ccccc3)c3c4c(c2-c2ccccc2)CCCN4CCC3)c(-c2ccccc2)c2c3c1CCCN3CCC2. The predicted molar refractivity (Wildman–Crippen MR) is 196 cm³/mol. The molecule has 5 aromatic rings. The zero-order valence-electron chi connectivity index (χ0n) is 27.7. The van der Waals surface area contributed by atoms with E-state index in [2.05, 4.69) is 101 Å². The molecule has 0 radical (unpaired) electrons. The molecule has 236 valence electrons. The average Bonchev–Trinajstić information content (AvgIpc) is 3.13. The van der Waals surface area contributed by atoms with Gasteiger partial charge in [0.25, 0.3) is 0 Å². The summed E-state index contributed by atoms with van der Waals surface area (Å²) in [5.41, 5.74) is 20.3. The summed E-state index contributed by atoms with van der Waals surface area (Å²) >= 11 is 0. The van der Waals surface area contributed by atoms with Crippen molar-refractivity contribution in [3.8, 4) is 39.1 Å². The van der Waals surface area contributed by atoms with Gasteiger partial charge in [0.05, 0.1) is 7.11 Å². The second-order valence-corrected chi connectivity index (χ2v) is 13.9. The number of hydrogen-bond acceptors (Lipinski definition) is 3. The molecule has 4 aliphatic heterocycles. The Hall–Kier alpha value is -4.50. The van der Waals surface area contributed by atoms with Crippen LogP contribution in [-0.2, 0) is 32.1 Å². The van der Waals surface area contributed by atoms with E-state index in [1.807, 2.05) is 7.11 Å². The second kappa shape index (κ2) is 11.9. The Morgan fingerprint density at radius 3 is 1.23 bits per heavy atom. The van der Waals surface area contributed by atoms with E-state index < -0.39 is 0 Å². The summed E-state index contributed by atoms with van der Waals surface area (Å²) in [7, 11) is 1.92. The largest absolute Gasteiger partial charge is 0.496 e. The van der Waals surface area contributed by atoms with Crippen molar-refractivity contribution in [3.05, 3.63) is 124 Å². The summed E-state index contributed by atoms with van der Waals surface area (Å²) < 4.78 is 6.60. The Bertz CT molecular complexity index is 1870. The predicted octanol–water partition coefficient (Wildman–Crippen LogP) is 9.68. The number of nitrogens with zero attached hydrogens (tertiary/aromatic N) is 2. The van der Waals surface area contributed by atoms with Crippen LogP contribution >= 0.6 is 0 Å². The number of anilines is 2. The van der Waals surface area contributed by atoms with Crippen molar-refractivity contribution < 1.29 is 4.74 Å². The molecule has 4 aliphatic rings. The summed E-state index contributed by atoms with van der Waals surface area (Å²) in [6.07, 6.45) is 10.2. The molecular formula is C44H44N2O. The summed E-state index contributed by atoms with van der Waals surface area (Å²) in [6, 6.07) is 33.8. The smallest absolute Gasteiger partial charge is 0.128 e. The molecule has 0 atom stereocenters. The zero-order valence-corrected chi connectivity index (χ0v) is 27.7. The quantitative estimate of drug-likeness (QED) is 0.189. The molecule has 0 fully saturated rings. The third-order valence-corrected chi connectivity index (χ3v) is 11.3. The molecule has 0 aliphatic carbocycles. The number of ether oxygens (including phenoxy) is 1. The maximum absolute atomic E-state index is 6.60. The molecule has 0 aromatic heterocycles. The van der Waals surface area contributed by atoms with Gasteiger partial charge in [-0.15, -0.1) is 0 Å². The first-order valence-electron chi connectivity index (χ1n) is 17.9. The van der Waals surface area contributed by atoms with Gasteiger partial charge in [-0.2, -0.15) is 0 Å². The minimum atomic E-state index is 0.850. The van der Waals surface area contributed by atoms with Gasteiger partial charge in [-0.3, -0.25) is 0 Å². The van der Waals surface area contributed by atoms with Crippen LogP contribution in [-0.4, -0.2) is 33.3 Å². The molecule has 0 amide bonds. The first-order chi connectivity index (χ1) is 23.3. The lowest BCUT2D eigenvalue weighted by Gasteiger charge is -2.41. The standard InChI is InChI=1S/C44H44N2O/c1-47-44-36-24-14-28-46-27-13-23-35(43(36)46)41(32-19-9-4-10-20-32)38(44)29-37-39(30-15-5-2-6-16-30)33-21-11-25-45-26-12-22-34(42(33)45)40(37)31-17-7-3-8-18-31/h2-10,15-20H,11-14,21-29H2,1H3. The molecule has 9 rings (SSSR count). The third kappa shape index (κ3) is 4.69. The fraction of sp³-hybridized carbons (Fsp3) is 0.318. The molecule has 5 aromatic carbocycles. The van der Waals surface area contributed by atoms with E-state index in [9.17, 15) is 0 Å². The normalized spacial score (nSPS) is 16.4. The van der Waals surface area contributed by atoms with E-state index in [-0.39, 0.29) is 0 Å². The molecule has 0 spiro atoms. The highest BCUT2D eigenvalue weighted by Gasteiger charge is 2.36. The average molecular weight is 617 g/mol. The second-order valence-electron chi connectivity index (χ2n) is 13.9. The number of benzene rings is 5. The van der Waals surface area contributed by atoms with E-state index in [4.69, 9.17) is 4.74 Å². The third-order valence-electron chi connectivity index (χ3n) is 11.3. The van der Waals surface area contributed by atoms with Crippen LogP contribution in [0.5, 0.6) is 5.75 Å². The van der Waals surface area contributed by atoms with Crippen LogP contribution in [0.3, 0.4) is 0 Å². The summed E-state index contributed by atoms with van der Waals surface area (Å²) in [6.45, 7) is 4.63. The zero-order chi connectivity index (χ0) is 31.3. The fourth-order valence-electron chi connectivity index (χ4n) is 9.61. The topological polar surface area (TPSA) is 15.7 Å². The molecule has 0 unspecified atom stereocenters. The number of rotatable bonds is 6. The molecule has 0 saturated carbocycles. The van der Waals surface area contributed by atoms with Crippen molar-refractivity contribution >= 4 is 11.4 Å². The van der Waals surface area contributed by atoms with E-state index in [0.29, 0.717) is 0 Å². The molecule has 0 bridgehead atoms. The Labute approximate surface area is 279 Å². The van der Waals surface area contributed by atoms with Crippen molar-refractivity contribution in [2.75, 3.05) is 43.1 Å². The van der Waals surface area contributed by atoms with Crippen LogP contribution < -0.4 is 14.5 Å². The number of hydrogen-bond donors (Lipinski definition) is 0. The molecule has 0 saturated heterocycles. The summed E-state index contributed by atoms with van der Waals surface area (Å²) in [5, 5.41) is 0. The molecule has 0 N–H and O–H groups in total. The Kier molecular flexibility index (Phi) is 7.29. The van der Waals surface area contributed by atoms with Gasteiger partial charge in [-0.1, -0.05) is 91.0 Å². The van der Waals surface area contributed by atoms with Gasteiger partial charge < -0.3 is 14.5 Å². The summed E-state index contributed by atoms with van der Waals surface area (Å²) in [5.74, 6) is 1.13. The Morgan fingerprint density at radius 1 is 0.468 bits per heavy atom. The van der Waals surface area contributed by atoms with Crippen LogP contribution in [0.15, 0.2) is 91.0 Å². The van der Waals surface area contributed by atoms with Gasteiger partial charge in [0, 0.05) is 55.1 Å². The molecule has 3 heteroatoms. The van der Waals surface area contributed by atoms with Crippen LogP contribution in [0.1, 0.15) is 59.1 Å². The molecular weight excluding hydrogens is 572 g/mol. The first kappa shape index (κ1) is 28.7. The van der Waals surface area contributed by atoms with Gasteiger partial charge in [-0.25, -0.2) is 0 Å². The van der Waals surface area contributed by atoms with Gasteiger partial charge in [0.15, 0.2) is 0 Å². The van der Waals surface area contributed by atoms with E-state index in [1.54, 1.807) is 16.7 Å². The van der Waals surface area contributed by atoms with Crippen LogP contribution in [0, 0.1) is 0 Å². The van der Waals surface area contributed by atoms with Crippen LogP contribution in [0.2, 0.25) is 0 Å². The van der Waals surface area contributed by atoms with Crippen molar-refractivity contribution in [1.29, 1.82) is 0 Å². The lowest BCUT2D eigenvalue weighted by molar-refractivity contribution is 0.403. The molecule has 3 nitrogen and oxygen atoms in total. The van der Waals surface area contributed by atoms with Crippen LogP contribution in [0.4, 0.5) is 11.4 Å². The lowest BCUT2D eigenvalue weighted by atomic mass is 9.75. The maximum atomic E-state index is 6.60. The van der Waals surface area contributed by atoms with Crippen molar-refractivity contribution in [2.24, 2.45) is 0 Å². The fourth-order valence-corrected chi connectivity index (χ4v) is 9.61. The Balaban J connectivity index is 1.40. The minimum Gasteiger partial charge on any atom is -0.496 e. The highest BCUT2D eigenvalue weighted by Crippen LogP contribution is 2.53. The van der Waals surface area contributed by atoms with Gasteiger partial charge in [0.1, 0.15) is 5.75 Å². The highest BCUT2D eigenvalue weighted by atomic mass is 16.5. The maximum Gasteiger partial charge on any atom is 0.128 e. The van der Waals surface area contributed by atoms with Crippen LogP contribution in [0.25, 0.3) is 33.4 Å². The van der Waals surface area contributed by atoms with Gasteiger partial charge >= 0.3 is 0 Å². The van der Waals surface area contributed by atoms with Crippen molar-refractivity contribution in [1.82, 2.24) is 0 Å². The van der Waals surface area contributed by atoms with Gasteiger partial charge in [0.2, 0.25) is 0 Å². The monoisotopic (exact) mass is 616 g/mol. The summed E-state index contributed by atoms with van der Waals surface area (Å²) in [4.78, 5) is 5.38. The minimum absolute atomic E-state index is 0.850. The van der Waals surface area contributed by atoms with Crippen molar-refractivity contribution in [2.45, 2.75) is 57.8 Å². The molecule has 4 heterocycles. The number of methoxy groups -OCH3 is 1. The lowest BCUT2D eigenvalue weighted by Crippen LogP contribution is -2.35.